The molecule has 2 atom stereocenters. The Kier molecular flexibility index (Phi) is 21.5. The Hall–Kier alpha value is -2.19. The summed E-state index contributed by atoms with van der Waals surface area (Å²) in [5, 5.41) is 9.48. The van der Waals surface area contributed by atoms with Crippen LogP contribution < -0.4 is 0 Å². The SMILES string of the molecule is CC/C=C/C/C=C/CCC(=O)OC(COCCC(C(=O)O)[N+](C)(C)C)COC(=O)CCCCCCCCC. The maximum Gasteiger partial charge on any atom is 0.362 e. The van der Waals surface area contributed by atoms with Crippen LogP contribution in [-0.4, -0.2) is 80.6 Å². The summed E-state index contributed by atoms with van der Waals surface area (Å²) in [4.78, 5) is 36.1. The second-order valence-electron chi connectivity index (χ2n) is 10.6. The number of carbonyl (C=O) groups is 3. The Morgan fingerprint density at radius 2 is 1.47 bits per heavy atom. The van der Waals surface area contributed by atoms with Crippen molar-refractivity contribution in [3.05, 3.63) is 24.3 Å². The number of hydrogen-bond donors (Lipinski definition) is 1. The highest BCUT2D eigenvalue weighted by atomic mass is 16.6. The molecule has 0 amide bonds. The van der Waals surface area contributed by atoms with Crippen LogP contribution in [0.5, 0.6) is 0 Å². The summed E-state index contributed by atoms with van der Waals surface area (Å²) in [5.41, 5.74) is 0. The third-order valence-electron chi connectivity index (χ3n) is 6.13. The molecule has 0 fully saturated rings. The van der Waals surface area contributed by atoms with E-state index in [9.17, 15) is 19.5 Å². The standard InChI is InChI=1S/C30H53NO7/c1-6-8-10-12-14-16-18-20-28(32)37-25-26(24-36-23-22-27(30(34)35)31(3,4)5)38-29(33)21-19-17-15-13-11-9-7-2/h9,11,15,17,26-27H,6-8,10,12-14,16,18-25H2,1-5H3/p+1/b11-9+,17-15+. The molecule has 0 aromatic rings. The highest BCUT2D eigenvalue weighted by molar-refractivity contribution is 5.72. The number of ether oxygens (including phenoxy) is 3. The molecule has 0 radical (unpaired) electrons. The van der Waals surface area contributed by atoms with Gasteiger partial charge in [-0.1, -0.05) is 76.7 Å². The molecule has 0 saturated carbocycles. The summed E-state index contributed by atoms with van der Waals surface area (Å²) in [7, 11) is 5.47. The van der Waals surface area contributed by atoms with Crippen LogP contribution in [0.1, 0.15) is 97.3 Å². The van der Waals surface area contributed by atoms with E-state index in [4.69, 9.17) is 14.2 Å². The van der Waals surface area contributed by atoms with Gasteiger partial charge in [0.25, 0.3) is 0 Å². The molecule has 0 heterocycles. The van der Waals surface area contributed by atoms with E-state index < -0.39 is 18.1 Å². The minimum Gasteiger partial charge on any atom is -0.477 e. The normalized spacial score (nSPS) is 13.6. The summed E-state index contributed by atoms with van der Waals surface area (Å²) in [6.07, 6.45) is 18.5. The fourth-order valence-electron chi connectivity index (χ4n) is 3.85. The number of allylic oxidation sites excluding steroid dienone is 4. The summed E-state index contributed by atoms with van der Waals surface area (Å²) in [5.74, 6) is -1.58. The van der Waals surface area contributed by atoms with Crippen LogP contribution in [0, 0.1) is 0 Å². The first-order chi connectivity index (χ1) is 18.1. The minimum absolute atomic E-state index is 0.0393. The number of esters is 2. The quantitative estimate of drug-likeness (QED) is 0.0710. The van der Waals surface area contributed by atoms with Gasteiger partial charge in [0.15, 0.2) is 12.1 Å². The second kappa shape index (κ2) is 22.8. The maximum atomic E-state index is 12.4. The number of nitrogens with zero attached hydrogens (tertiary/aromatic N) is 1. The van der Waals surface area contributed by atoms with Crippen LogP contribution in [0.15, 0.2) is 24.3 Å². The molecule has 0 aromatic carbocycles. The van der Waals surface area contributed by atoms with Crippen LogP contribution in [0.25, 0.3) is 0 Å². The van der Waals surface area contributed by atoms with Gasteiger partial charge in [-0.25, -0.2) is 4.79 Å². The average Bonchev–Trinajstić information content (AvgIpc) is 2.84. The van der Waals surface area contributed by atoms with E-state index in [1.54, 1.807) is 0 Å². The van der Waals surface area contributed by atoms with Crippen molar-refractivity contribution < 1.29 is 38.2 Å². The lowest BCUT2D eigenvalue weighted by molar-refractivity contribution is -0.887. The lowest BCUT2D eigenvalue weighted by atomic mass is 10.1. The van der Waals surface area contributed by atoms with Gasteiger partial charge in [0, 0.05) is 19.3 Å². The average molecular weight is 541 g/mol. The van der Waals surface area contributed by atoms with E-state index in [1.807, 2.05) is 33.3 Å². The number of carboxylic acids is 1. The van der Waals surface area contributed by atoms with E-state index >= 15 is 0 Å². The first-order valence-corrected chi connectivity index (χ1v) is 14.4. The Morgan fingerprint density at radius 3 is 2.11 bits per heavy atom. The van der Waals surface area contributed by atoms with E-state index in [1.165, 1.54) is 25.7 Å². The van der Waals surface area contributed by atoms with Crippen molar-refractivity contribution in [2.45, 2.75) is 109 Å². The molecule has 0 rings (SSSR count). The zero-order valence-electron chi connectivity index (χ0n) is 24.6. The molecule has 2 unspecified atom stereocenters. The number of likely N-dealkylation sites (N-methyl/N-ethyl adjacent to an activating group) is 1. The fourth-order valence-corrected chi connectivity index (χ4v) is 3.85. The van der Waals surface area contributed by atoms with Crippen LogP contribution in [0.2, 0.25) is 0 Å². The van der Waals surface area contributed by atoms with Crippen molar-refractivity contribution in [3.63, 3.8) is 0 Å². The van der Waals surface area contributed by atoms with Crippen molar-refractivity contribution in [2.24, 2.45) is 0 Å². The highest BCUT2D eigenvalue weighted by Gasteiger charge is 2.31. The van der Waals surface area contributed by atoms with Crippen molar-refractivity contribution >= 4 is 17.9 Å². The van der Waals surface area contributed by atoms with Gasteiger partial charge in [0.1, 0.15) is 6.61 Å². The lowest BCUT2D eigenvalue weighted by Gasteiger charge is -2.31. The topological polar surface area (TPSA) is 99.1 Å². The summed E-state index contributed by atoms with van der Waals surface area (Å²) < 4.78 is 16.9. The monoisotopic (exact) mass is 540 g/mol. The zero-order chi connectivity index (χ0) is 28.7. The molecule has 38 heavy (non-hydrogen) atoms. The lowest BCUT2D eigenvalue weighted by Crippen LogP contribution is -2.50. The number of quaternary nitrogens is 1. The molecule has 0 spiro atoms. The highest BCUT2D eigenvalue weighted by Crippen LogP contribution is 2.11. The predicted molar refractivity (Wildman–Crippen MR) is 151 cm³/mol. The molecule has 220 valence electrons. The Balaban J connectivity index is 4.63. The zero-order valence-corrected chi connectivity index (χ0v) is 24.6. The van der Waals surface area contributed by atoms with Crippen LogP contribution in [-0.2, 0) is 28.6 Å². The fraction of sp³-hybridized carbons (Fsp3) is 0.767. The van der Waals surface area contributed by atoms with Crippen molar-refractivity contribution in [1.82, 2.24) is 0 Å². The molecule has 0 aromatic heterocycles. The Labute approximate surface area is 231 Å². The molecular formula is C30H54NO7+. The van der Waals surface area contributed by atoms with Crippen LogP contribution in [0.4, 0.5) is 0 Å². The third-order valence-corrected chi connectivity index (χ3v) is 6.13. The van der Waals surface area contributed by atoms with Gasteiger partial charge in [-0.2, -0.15) is 0 Å². The number of carbonyl (C=O) groups excluding carboxylic acids is 2. The number of aliphatic carboxylic acids is 1. The van der Waals surface area contributed by atoms with Gasteiger partial charge < -0.3 is 23.8 Å². The van der Waals surface area contributed by atoms with Gasteiger partial charge >= 0.3 is 17.9 Å². The molecule has 8 nitrogen and oxygen atoms in total. The molecule has 0 aliphatic rings. The van der Waals surface area contributed by atoms with Gasteiger partial charge in [-0.3, -0.25) is 9.59 Å². The summed E-state index contributed by atoms with van der Waals surface area (Å²) in [6.45, 7) is 4.43. The van der Waals surface area contributed by atoms with E-state index in [2.05, 4.69) is 26.0 Å². The molecule has 0 aliphatic carbocycles. The van der Waals surface area contributed by atoms with Crippen molar-refractivity contribution in [1.29, 1.82) is 0 Å². The smallest absolute Gasteiger partial charge is 0.362 e. The molecule has 0 aliphatic heterocycles. The molecule has 0 saturated heterocycles. The van der Waals surface area contributed by atoms with E-state index in [0.717, 1.165) is 32.1 Å². The van der Waals surface area contributed by atoms with Crippen LogP contribution >= 0.6 is 0 Å². The van der Waals surface area contributed by atoms with E-state index in [-0.39, 0.29) is 42.7 Å². The third kappa shape index (κ3) is 20.8. The van der Waals surface area contributed by atoms with Gasteiger partial charge in [0.05, 0.1) is 34.4 Å². The minimum atomic E-state index is -0.887. The predicted octanol–water partition coefficient (Wildman–Crippen LogP) is 5.84. The van der Waals surface area contributed by atoms with Gasteiger partial charge in [0.2, 0.25) is 0 Å². The van der Waals surface area contributed by atoms with Crippen LogP contribution in [0.3, 0.4) is 0 Å². The van der Waals surface area contributed by atoms with Crippen molar-refractivity contribution in [2.75, 3.05) is 41.0 Å². The Bertz CT molecular complexity index is 697. The first-order valence-electron chi connectivity index (χ1n) is 14.4. The number of rotatable bonds is 24. The Morgan fingerprint density at radius 1 is 0.816 bits per heavy atom. The number of unbranched alkanes of at least 4 members (excludes halogenated alkanes) is 6. The first kappa shape index (κ1) is 35.8. The van der Waals surface area contributed by atoms with Gasteiger partial charge in [-0.05, 0) is 25.7 Å². The van der Waals surface area contributed by atoms with E-state index in [0.29, 0.717) is 19.3 Å². The summed E-state index contributed by atoms with van der Waals surface area (Å²) in [6, 6.07) is -0.616. The largest absolute Gasteiger partial charge is 0.477 e. The molecule has 8 heteroatoms. The maximum absolute atomic E-state index is 12.4. The molecular weight excluding hydrogens is 486 g/mol. The molecule has 0 bridgehead atoms. The van der Waals surface area contributed by atoms with Crippen molar-refractivity contribution in [3.8, 4) is 0 Å². The number of carboxylic acid groups (broad SMARTS) is 1. The number of hydrogen-bond acceptors (Lipinski definition) is 6. The summed E-state index contributed by atoms with van der Waals surface area (Å²) >= 11 is 0. The second-order valence-corrected chi connectivity index (χ2v) is 10.6. The molecule has 1 N–H and O–H groups in total. The van der Waals surface area contributed by atoms with Gasteiger partial charge in [-0.15, -0.1) is 0 Å².